The van der Waals surface area contributed by atoms with Crippen molar-refractivity contribution in [2.45, 2.75) is 25.8 Å². The molecule has 0 aliphatic heterocycles. The number of amides is 1. The van der Waals surface area contributed by atoms with Crippen LogP contribution in [0, 0.1) is 0 Å². The first-order valence-electron chi connectivity index (χ1n) is 9.31. The van der Waals surface area contributed by atoms with Crippen LogP contribution in [0.1, 0.15) is 18.1 Å². The Morgan fingerprint density at radius 2 is 1.33 bits per heavy atom. The maximum absolute atomic E-state index is 13.0. The molecule has 1 amide bonds. The van der Waals surface area contributed by atoms with Gasteiger partial charge in [0.25, 0.3) is 5.66 Å². The zero-order chi connectivity index (χ0) is 22.1. The molecule has 2 rings (SSSR count). The molecule has 9 heteroatoms. The first kappa shape index (κ1) is 22.7. The molecule has 30 heavy (non-hydrogen) atoms. The molecule has 2 aromatic carbocycles. The SMILES string of the molecule is CCN(C=O)C(NC)(C(=O)OCc1ccc(N)cc1)C(=O)OCc1ccc(N)cc1. The molecule has 0 fully saturated rings. The highest BCUT2D eigenvalue weighted by atomic mass is 16.6. The summed E-state index contributed by atoms with van der Waals surface area (Å²) in [5, 5.41) is 2.61. The van der Waals surface area contributed by atoms with Crippen molar-refractivity contribution in [3.63, 3.8) is 0 Å². The lowest BCUT2D eigenvalue weighted by atomic mass is 10.1. The van der Waals surface area contributed by atoms with Gasteiger partial charge in [0.05, 0.1) is 0 Å². The van der Waals surface area contributed by atoms with E-state index in [2.05, 4.69) is 5.32 Å². The van der Waals surface area contributed by atoms with Gasteiger partial charge in [-0.2, -0.15) is 0 Å². The van der Waals surface area contributed by atoms with Crippen LogP contribution in [0.25, 0.3) is 0 Å². The van der Waals surface area contributed by atoms with Crippen LogP contribution < -0.4 is 16.8 Å². The Bertz CT molecular complexity index is 806. The van der Waals surface area contributed by atoms with Crippen molar-refractivity contribution in [2.75, 3.05) is 25.1 Å². The first-order valence-corrected chi connectivity index (χ1v) is 9.31. The number of esters is 2. The number of hydrogen-bond donors (Lipinski definition) is 3. The molecule has 0 aromatic heterocycles. The van der Waals surface area contributed by atoms with E-state index in [0.29, 0.717) is 28.9 Å². The monoisotopic (exact) mass is 414 g/mol. The Hall–Kier alpha value is -3.59. The maximum Gasteiger partial charge on any atom is 0.359 e. The molecule has 5 N–H and O–H groups in total. The number of nitrogen functional groups attached to an aromatic ring is 2. The fourth-order valence-corrected chi connectivity index (χ4v) is 2.79. The van der Waals surface area contributed by atoms with Gasteiger partial charge in [-0.05, 0) is 49.4 Å². The van der Waals surface area contributed by atoms with Gasteiger partial charge in [-0.15, -0.1) is 0 Å². The largest absolute Gasteiger partial charge is 0.458 e. The second-order valence-corrected chi connectivity index (χ2v) is 6.49. The Morgan fingerprint density at radius 3 is 1.63 bits per heavy atom. The van der Waals surface area contributed by atoms with Crippen LogP contribution in [0.4, 0.5) is 11.4 Å². The minimum Gasteiger partial charge on any atom is -0.458 e. The van der Waals surface area contributed by atoms with Gasteiger partial charge >= 0.3 is 11.9 Å². The summed E-state index contributed by atoms with van der Waals surface area (Å²) in [6.07, 6.45) is 0.394. The number of rotatable bonds is 10. The van der Waals surface area contributed by atoms with Crippen molar-refractivity contribution >= 4 is 29.7 Å². The summed E-state index contributed by atoms with van der Waals surface area (Å²) >= 11 is 0. The second kappa shape index (κ2) is 10.3. The molecular formula is C21H26N4O5. The highest BCUT2D eigenvalue weighted by molar-refractivity contribution is 6.05. The maximum atomic E-state index is 13.0. The average molecular weight is 414 g/mol. The van der Waals surface area contributed by atoms with Crippen LogP contribution in [0.3, 0.4) is 0 Å². The van der Waals surface area contributed by atoms with Crippen molar-refractivity contribution in [2.24, 2.45) is 0 Å². The fraction of sp³-hybridized carbons (Fsp3) is 0.286. The number of benzene rings is 2. The molecule has 9 nitrogen and oxygen atoms in total. The van der Waals surface area contributed by atoms with Crippen molar-refractivity contribution in [1.29, 1.82) is 0 Å². The molecule has 0 spiro atoms. The Balaban J connectivity index is 2.20. The third-order valence-electron chi connectivity index (χ3n) is 4.55. The molecule has 0 radical (unpaired) electrons. The molecule has 0 aliphatic rings. The van der Waals surface area contributed by atoms with Crippen LogP contribution in [0.15, 0.2) is 48.5 Å². The van der Waals surface area contributed by atoms with Crippen LogP contribution in [-0.4, -0.2) is 42.5 Å². The van der Waals surface area contributed by atoms with Gasteiger partial charge in [0.1, 0.15) is 13.2 Å². The van der Waals surface area contributed by atoms with Crippen molar-refractivity contribution in [1.82, 2.24) is 10.2 Å². The summed E-state index contributed by atoms with van der Waals surface area (Å²) in [6, 6.07) is 13.4. The first-order chi connectivity index (χ1) is 14.4. The number of nitrogens with two attached hydrogens (primary N) is 2. The van der Waals surface area contributed by atoms with E-state index in [9.17, 15) is 14.4 Å². The van der Waals surface area contributed by atoms with E-state index in [-0.39, 0.29) is 19.8 Å². The van der Waals surface area contributed by atoms with Crippen LogP contribution >= 0.6 is 0 Å². The number of likely N-dealkylation sites (N-methyl/N-ethyl adjacent to an activating group) is 2. The third-order valence-corrected chi connectivity index (χ3v) is 4.55. The minimum absolute atomic E-state index is 0.0677. The Kier molecular flexibility index (Phi) is 7.76. The van der Waals surface area contributed by atoms with Gasteiger partial charge in [0, 0.05) is 17.9 Å². The Labute approximate surface area is 174 Å². The summed E-state index contributed by atoms with van der Waals surface area (Å²) in [6.45, 7) is 1.48. The molecular weight excluding hydrogens is 388 g/mol. The molecule has 0 heterocycles. The molecule has 0 bridgehead atoms. The second-order valence-electron chi connectivity index (χ2n) is 6.49. The van der Waals surface area contributed by atoms with Gasteiger partial charge < -0.3 is 25.8 Å². The van der Waals surface area contributed by atoms with Crippen LogP contribution in [-0.2, 0) is 37.1 Å². The topological polar surface area (TPSA) is 137 Å². The van der Waals surface area contributed by atoms with E-state index in [1.54, 1.807) is 55.5 Å². The van der Waals surface area contributed by atoms with Gasteiger partial charge in [0.2, 0.25) is 6.41 Å². The number of carbonyl (C=O) groups is 3. The van der Waals surface area contributed by atoms with Crippen LogP contribution in [0.5, 0.6) is 0 Å². The standard InChI is InChI=1S/C21H26N4O5/c1-3-25(14-26)21(24-2,19(27)29-12-15-4-8-17(22)9-5-15)20(28)30-13-16-6-10-18(23)11-7-16/h4-11,14,24H,3,12-13,22-23H2,1-2H3. The summed E-state index contributed by atoms with van der Waals surface area (Å²) in [4.78, 5) is 38.5. The lowest BCUT2D eigenvalue weighted by Gasteiger charge is -2.36. The summed E-state index contributed by atoms with van der Waals surface area (Å²) in [7, 11) is 1.38. The third kappa shape index (κ3) is 5.06. The quantitative estimate of drug-likeness (QED) is 0.172. The molecule has 2 aromatic rings. The van der Waals surface area contributed by atoms with E-state index >= 15 is 0 Å². The molecule has 0 saturated carbocycles. The van der Waals surface area contributed by atoms with E-state index in [1.807, 2.05) is 0 Å². The summed E-state index contributed by atoms with van der Waals surface area (Å²) < 4.78 is 10.7. The molecule has 0 saturated heterocycles. The fourth-order valence-electron chi connectivity index (χ4n) is 2.79. The number of nitrogens with one attached hydrogen (secondary N) is 1. The predicted octanol–water partition coefficient (Wildman–Crippen LogP) is 1.03. The number of nitrogens with zero attached hydrogens (tertiary/aromatic N) is 1. The summed E-state index contributed by atoms with van der Waals surface area (Å²) in [5.41, 5.74) is 11.7. The van der Waals surface area contributed by atoms with Crippen molar-refractivity contribution in [3.8, 4) is 0 Å². The smallest absolute Gasteiger partial charge is 0.359 e. The lowest BCUT2D eigenvalue weighted by molar-refractivity contribution is -0.181. The number of carbonyl (C=O) groups excluding carboxylic acids is 3. The number of ether oxygens (including phenoxy) is 2. The molecule has 0 unspecified atom stereocenters. The number of anilines is 2. The minimum atomic E-state index is -2.13. The zero-order valence-electron chi connectivity index (χ0n) is 17.0. The van der Waals surface area contributed by atoms with Crippen molar-refractivity contribution < 1.29 is 23.9 Å². The zero-order valence-corrected chi connectivity index (χ0v) is 17.0. The van der Waals surface area contributed by atoms with Gasteiger partial charge in [-0.1, -0.05) is 24.3 Å². The highest BCUT2D eigenvalue weighted by Crippen LogP contribution is 2.18. The predicted molar refractivity (Wildman–Crippen MR) is 112 cm³/mol. The summed E-state index contributed by atoms with van der Waals surface area (Å²) in [5.74, 6) is -1.92. The van der Waals surface area contributed by atoms with Gasteiger partial charge in [-0.25, -0.2) is 9.59 Å². The lowest BCUT2D eigenvalue weighted by Crippen LogP contribution is -2.68. The van der Waals surface area contributed by atoms with E-state index in [1.165, 1.54) is 7.05 Å². The molecule has 160 valence electrons. The van der Waals surface area contributed by atoms with Gasteiger partial charge in [0.15, 0.2) is 0 Å². The average Bonchev–Trinajstić information content (AvgIpc) is 2.76. The highest BCUT2D eigenvalue weighted by Gasteiger charge is 2.52. The normalized spacial score (nSPS) is 10.9. The molecule has 0 atom stereocenters. The Morgan fingerprint density at radius 1 is 0.933 bits per heavy atom. The van der Waals surface area contributed by atoms with Crippen LogP contribution in [0.2, 0.25) is 0 Å². The van der Waals surface area contributed by atoms with Crippen molar-refractivity contribution in [3.05, 3.63) is 59.7 Å². The van der Waals surface area contributed by atoms with E-state index in [4.69, 9.17) is 20.9 Å². The van der Waals surface area contributed by atoms with Gasteiger partial charge in [-0.3, -0.25) is 10.1 Å². The van der Waals surface area contributed by atoms with E-state index < -0.39 is 17.6 Å². The molecule has 0 aliphatic carbocycles. The number of hydrogen-bond acceptors (Lipinski definition) is 8. The van der Waals surface area contributed by atoms with E-state index in [0.717, 1.165) is 4.90 Å².